The lowest BCUT2D eigenvalue weighted by Crippen LogP contribution is -2.40. The van der Waals surface area contributed by atoms with E-state index in [4.69, 9.17) is 4.74 Å². The molecule has 3 atom stereocenters. The van der Waals surface area contributed by atoms with E-state index in [1.807, 2.05) is 44.6 Å². The van der Waals surface area contributed by atoms with Crippen LogP contribution in [0.4, 0.5) is 0 Å². The molecule has 3 rings (SSSR count). The van der Waals surface area contributed by atoms with Crippen LogP contribution >= 0.6 is 0 Å². The van der Waals surface area contributed by atoms with Crippen LogP contribution in [0.3, 0.4) is 0 Å². The highest BCUT2D eigenvalue weighted by Crippen LogP contribution is 2.29. The molecular weight excluding hydrogens is 290 g/mol. The Bertz CT molecular complexity index is 653. The molecule has 0 saturated carbocycles. The van der Waals surface area contributed by atoms with E-state index in [0.29, 0.717) is 6.61 Å². The fourth-order valence-electron chi connectivity index (χ4n) is 3.04. The van der Waals surface area contributed by atoms with Crippen LogP contribution in [0.25, 0.3) is 0 Å². The molecule has 1 amide bonds. The number of amides is 1. The number of ether oxygens (including phenoxy) is 1. The maximum Gasteiger partial charge on any atom is 0.223 e. The highest BCUT2D eigenvalue weighted by atomic mass is 16.5. The molecule has 0 radical (unpaired) electrons. The van der Waals surface area contributed by atoms with Gasteiger partial charge in [-0.15, -0.1) is 0 Å². The Kier molecular flexibility index (Phi) is 4.76. The van der Waals surface area contributed by atoms with E-state index in [0.717, 1.165) is 18.4 Å². The van der Waals surface area contributed by atoms with Gasteiger partial charge in [0.15, 0.2) is 0 Å². The maximum absolute atomic E-state index is 12.5. The van der Waals surface area contributed by atoms with Gasteiger partial charge in [0, 0.05) is 31.3 Å². The molecule has 1 fully saturated rings. The van der Waals surface area contributed by atoms with Crippen LogP contribution in [0.2, 0.25) is 0 Å². The topological polar surface area (TPSA) is 56.1 Å². The Morgan fingerprint density at radius 1 is 1.43 bits per heavy atom. The fourth-order valence-corrected chi connectivity index (χ4v) is 3.04. The van der Waals surface area contributed by atoms with E-state index in [-0.39, 0.29) is 24.0 Å². The van der Waals surface area contributed by atoms with Gasteiger partial charge >= 0.3 is 0 Å². The molecule has 1 aliphatic heterocycles. The maximum atomic E-state index is 12.5. The number of carbonyl (C=O) groups excluding carboxylic acids is 1. The first-order chi connectivity index (χ1) is 11.1. The summed E-state index contributed by atoms with van der Waals surface area (Å²) in [7, 11) is 1.88. The van der Waals surface area contributed by atoms with Gasteiger partial charge in [-0.1, -0.05) is 37.3 Å². The number of aromatic nitrogens is 2. The Hall–Kier alpha value is -2.14. The summed E-state index contributed by atoms with van der Waals surface area (Å²) in [6.07, 6.45) is 5.24. The van der Waals surface area contributed by atoms with Crippen LogP contribution in [0.1, 0.15) is 30.6 Å². The summed E-state index contributed by atoms with van der Waals surface area (Å²) in [4.78, 5) is 12.5. The van der Waals surface area contributed by atoms with Crippen LogP contribution < -0.4 is 5.32 Å². The molecule has 0 bridgehead atoms. The second kappa shape index (κ2) is 6.96. The van der Waals surface area contributed by atoms with Gasteiger partial charge in [-0.05, 0) is 18.4 Å². The van der Waals surface area contributed by atoms with Crippen LogP contribution in [-0.2, 0) is 23.0 Å². The fraction of sp³-hybridized carbons (Fsp3) is 0.444. The average Bonchev–Trinajstić information content (AvgIpc) is 3.17. The van der Waals surface area contributed by atoms with Crippen molar-refractivity contribution in [2.45, 2.75) is 31.9 Å². The Balaban J connectivity index is 1.60. The molecule has 23 heavy (non-hydrogen) atoms. The van der Waals surface area contributed by atoms with Gasteiger partial charge < -0.3 is 10.1 Å². The number of carbonyl (C=O) groups is 1. The molecule has 0 spiro atoms. The van der Waals surface area contributed by atoms with Gasteiger partial charge in [-0.25, -0.2) is 0 Å². The smallest absolute Gasteiger partial charge is 0.223 e. The molecule has 1 aromatic heterocycles. The van der Waals surface area contributed by atoms with Gasteiger partial charge in [-0.3, -0.25) is 9.48 Å². The molecule has 5 nitrogen and oxygen atoms in total. The standard InChI is InChI=1S/C18H23N3O2/c1-13(10-14-6-4-3-5-7-14)18(22)20-16-8-9-23-17(16)15-11-19-21(2)12-15/h3-7,11-13,16-17H,8-10H2,1-2H3,(H,20,22)/t13-,16-,17+/m0/s1. The van der Waals surface area contributed by atoms with Crippen molar-refractivity contribution >= 4 is 5.91 Å². The highest BCUT2D eigenvalue weighted by Gasteiger charge is 2.32. The average molecular weight is 313 g/mol. The number of aryl methyl sites for hydroxylation is 1. The quantitative estimate of drug-likeness (QED) is 0.921. The first-order valence-corrected chi connectivity index (χ1v) is 8.08. The largest absolute Gasteiger partial charge is 0.371 e. The Labute approximate surface area is 136 Å². The summed E-state index contributed by atoms with van der Waals surface area (Å²) < 4.78 is 7.55. The predicted molar refractivity (Wildman–Crippen MR) is 87.8 cm³/mol. The molecule has 1 aliphatic rings. The van der Waals surface area contributed by atoms with E-state index < -0.39 is 0 Å². The molecule has 1 aromatic carbocycles. The normalized spacial score (nSPS) is 22.0. The van der Waals surface area contributed by atoms with Crippen molar-refractivity contribution in [3.63, 3.8) is 0 Å². The third-order valence-electron chi connectivity index (χ3n) is 4.31. The molecule has 1 saturated heterocycles. The second-order valence-corrected chi connectivity index (χ2v) is 6.23. The van der Waals surface area contributed by atoms with Crippen molar-refractivity contribution in [3.8, 4) is 0 Å². The Morgan fingerprint density at radius 3 is 2.91 bits per heavy atom. The molecule has 0 unspecified atom stereocenters. The van der Waals surface area contributed by atoms with Crippen molar-refractivity contribution in [2.24, 2.45) is 13.0 Å². The summed E-state index contributed by atoms with van der Waals surface area (Å²) in [5.41, 5.74) is 2.20. The van der Waals surface area contributed by atoms with Crippen molar-refractivity contribution in [2.75, 3.05) is 6.61 Å². The van der Waals surface area contributed by atoms with Crippen molar-refractivity contribution in [1.29, 1.82) is 0 Å². The minimum absolute atomic E-state index is 0.0184. The molecule has 0 aliphatic carbocycles. The molecule has 122 valence electrons. The van der Waals surface area contributed by atoms with Crippen LogP contribution in [0, 0.1) is 5.92 Å². The van der Waals surface area contributed by atoms with Crippen molar-refractivity contribution in [1.82, 2.24) is 15.1 Å². The van der Waals surface area contributed by atoms with Gasteiger partial charge in [0.25, 0.3) is 0 Å². The molecule has 2 aromatic rings. The predicted octanol–water partition coefficient (Wildman–Crippen LogP) is 2.25. The van der Waals surface area contributed by atoms with E-state index in [1.54, 1.807) is 4.68 Å². The second-order valence-electron chi connectivity index (χ2n) is 6.23. The number of hydrogen-bond acceptors (Lipinski definition) is 3. The summed E-state index contributed by atoms with van der Waals surface area (Å²) in [5.74, 6) is 0.0193. The van der Waals surface area contributed by atoms with Crippen LogP contribution in [-0.4, -0.2) is 28.3 Å². The minimum Gasteiger partial charge on any atom is -0.371 e. The van der Waals surface area contributed by atoms with E-state index in [2.05, 4.69) is 22.5 Å². The summed E-state index contributed by atoms with van der Waals surface area (Å²) in [5, 5.41) is 7.35. The van der Waals surface area contributed by atoms with Gasteiger partial charge in [0.2, 0.25) is 5.91 Å². The van der Waals surface area contributed by atoms with Gasteiger partial charge in [-0.2, -0.15) is 5.10 Å². The number of nitrogens with one attached hydrogen (secondary N) is 1. The third-order valence-corrected chi connectivity index (χ3v) is 4.31. The van der Waals surface area contributed by atoms with E-state index in [1.165, 1.54) is 5.56 Å². The summed E-state index contributed by atoms with van der Waals surface area (Å²) >= 11 is 0. The SMILES string of the molecule is C[C@@H](Cc1ccccc1)C(=O)N[C@H]1CCO[C@@H]1c1cnn(C)c1. The van der Waals surface area contributed by atoms with Gasteiger partial charge in [0.1, 0.15) is 6.10 Å². The van der Waals surface area contributed by atoms with Gasteiger partial charge in [0.05, 0.1) is 12.2 Å². The lowest BCUT2D eigenvalue weighted by Gasteiger charge is -2.21. The Morgan fingerprint density at radius 2 is 2.22 bits per heavy atom. The van der Waals surface area contributed by atoms with Crippen LogP contribution in [0.15, 0.2) is 42.7 Å². The highest BCUT2D eigenvalue weighted by molar-refractivity contribution is 5.79. The lowest BCUT2D eigenvalue weighted by molar-refractivity contribution is -0.125. The zero-order valence-electron chi connectivity index (χ0n) is 13.6. The van der Waals surface area contributed by atoms with Crippen LogP contribution in [0.5, 0.6) is 0 Å². The zero-order chi connectivity index (χ0) is 16.2. The zero-order valence-corrected chi connectivity index (χ0v) is 13.6. The number of hydrogen-bond donors (Lipinski definition) is 1. The summed E-state index contributed by atoms with van der Waals surface area (Å²) in [6, 6.07) is 10.1. The molecular formula is C18H23N3O2. The number of benzene rings is 1. The first-order valence-electron chi connectivity index (χ1n) is 8.08. The monoisotopic (exact) mass is 313 g/mol. The number of rotatable bonds is 5. The van der Waals surface area contributed by atoms with E-state index >= 15 is 0 Å². The third kappa shape index (κ3) is 3.79. The first kappa shape index (κ1) is 15.7. The van der Waals surface area contributed by atoms with Crippen molar-refractivity contribution < 1.29 is 9.53 Å². The molecule has 1 N–H and O–H groups in total. The van der Waals surface area contributed by atoms with Crippen molar-refractivity contribution in [3.05, 3.63) is 53.9 Å². The van der Waals surface area contributed by atoms with E-state index in [9.17, 15) is 4.79 Å². The number of nitrogens with zero attached hydrogens (tertiary/aromatic N) is 2. The minimum atomic E-state index is -0.100. The lowest BCUT2D eigenvalue weighted by atomic mass is 9.99. The molecule has 2 heterocycles. The summed E-state index contributed by atoms with van der Waals surface area (Å²) in [6.45, 7) is 2.63. The molecule has 5 heteroatoms.